The number of halogens is 4. The zero-order chi connectivity index (χ0) is 13.3. The molecule has 0 N–H and O–H groups in total. The Balaban J connectivity index is 2.41. The predicted molar refractivity (Wildman–Crippen MR) is 76.7 cm³/mol. The molecular formula is C11H6Cl2FIN2O. The summed E-state index contributed by atoms with van der Waals surface area (Å²) in [5.41, 5.74) is 0.385. The van der Waals surface area contributed by atoms with Crippen LogP contribution in [0.4, 0.5) is 4.39 Å². The average molecular weight is 399 g/mol. The van der Waals surface area contributed by atoms with Gasteiger partial charge in [0.15, 0.2) is 0 Å². The second-order valence-electron chi connectivity index (χ2n) is 3.52. The van der Waals surface area contributed by atoms with Crippen LogP contribution in [0.1, 0.15) is 5.56 Å². The largest absolute Gasteiger partial charge is 0.294 e. The van der Waals surface area contributed by atoms with Gasteiger partial charge in [-0.1, -0.05) is 29.3 Å². The molecule has 0 unspecified atom stereocenters. The number of rotatable bonds is 2. The Kier molecular flexibility index (Phi) is 4.24. The predicted octanol–water partition coefficient (Wildman–Crippen LogP) is 3.34. The van der Waals surface area contributed by atoms with Gasteiger partial charge in [-0.05, 0) is 40.3 Å². The molecule has 0 radical (unpaired) electrons. The van der Waals surface area contributed by atoms with Crippen LogP contribution in [0.15, 0.2) is 29.3 Å². The first-order chi connectivity index (χ1) is 8.49. The first-order valence-electron chi connectivity index (χ1n) is 4.83. The minimum Gasteiger partial charge on any atom is -0.294 e. The van der Waals surface area contributed by atoms with E-state index in [0.29, 0.717) is 9.13 Å². The van der Waals surface area contributed by atoms with E-state index < -0.39 is 5.82 Å². The molecular weight excluding hydrogens is 393 g/mol. The molecule has 0 atom stereocenters. The second-order valence-corrected chi connectivity index (χ2v) is 5.36. The Hall–Kier alpha value is -0.660. The van der Waals surface area contributed by atoms with Gasteiger partial charge in [0.25, 0.3) is 5.56 Å². The quantitative estimate of drug-likeness (QED) is 0.574. The molecule has 0 spiro atoms. The standard InChI is InChI=1S/C11H6Cl2FIN2O/c12-8-3-7(14)2-1-6(8)4-17-5-16-10(13)9(15)11(17)18/h1-3,5H,4H2. The summed E-state index contributed by atoms with van der Waals surface area (Å²) in [5, 5.41) is 0.439. The molecule has 0 saturated carbocycles. The van der Waals surface area contributed by atoms with Crippen LogP contribution in [0, 0.1) is 9.39 Å². The second kappa shape index (κ2) is 5.54. The van der Waals surface area contributed by atoms with Gasteiger partial charge in [-0.3, -0.25) is 9.36 Å². The van der Waals surface area contributed by atoms with Gasteiger partial charge in [0.05, 0.1) is 12.9 Å². The van der Waals surface area contributed by atoms with Crippen LogP contribution in [0.2, 0.25) is 10.2 Å². The van der Waals surface area contributed by atoms with Crippen LogP contribution < -0.4 is 5.56 Å². The molecule has 0 aliphatic heterocycles. The first kappa shape index (κ1) is 13.8. The van der Waals surface area contributed by atoms with Gasteiger partial charge in [-0.25, -0.2) is 9.37 Å². The van der Waals surface area contributed by atoms with Gasteiger partial charge in [0.1, 0.15) is 14.5 Å². The van der Waals surface area contributed by atoms with Crippen LogP contribution in [0.5, 0.6) is 0 Å². The lowest BCUT2D eigenvalue weighted by Gasteiger charge is -2.08. The van der Waals surface area contributed by atoms with E-state index >= 15 is 0 Å². The van der Waals surface area contributed by atoms with Crippen molar-refractivity contribution < 1.29 is 4.39 Å². The van der Waals surface area contributed by atoms with Crippen molar-refractivity contribution in [2.45, 2.75) is 6.54 Å². The zero-order valence-corrected chi connectivity index (χ0v) is 12.5. The van der Waals surface area contributed by atoms with Crippen LogP contribution in [-0.2, 0) is 6.54 Å². The van der Waals surface area contributed by atoms with Gasteiger partial charge in [-0.2, -0.15) is 0 Å². The van der Waals surface area contributed by atoms with Crippen LogP contribution in [0.3, 0.4) is 0 Å². The fourth-order valence-electron chi connectivity index (χ4n) is 1.39. The molecule has 18 heavy (non-hydrogen) atoms. The number of benzene rings is 1. The molecule has 0 amide bonds. The lowest BCUT2D eigenvalue weighted by molar-refractivity contribution is 0.626. The molecule has 1 aromatic carbocycles. The number of aromatic nitrogens is 2. The van der Waals surface area contributed by atoms with Gasteiger partial charge in [0, 0.05) is 5.02 Å². The highest BCUT2D eigenvalue weighted by molar-refractivity contribution is 14.1. The number of hydrogen-bond acceptors (Lipinski definition) is 2. The molecule has 7 heteroatoms. The monoisotopic (exact) mass is 398 g/mol. The van der Waals surface area contributed by atoms with Crippen LogP contribution >= 0.6 is 45.8 Å². The third-order valence-electron chi connectivity index (χ3n) is 2.30. The van der Waals surface area contributed by atoms with Gasteiger partial charge >= 0.3 is 0 Å². The highest BCUT2D eigenvalue weighted by atomic mass is 127. The summed E-state index contributed by atoms with van der Waals surface area (Å²) in [7, 11) is 0. The van der Waals surface area contributed by atoms with E-state index in [1.165, 1.54) is 29.1 Å². The number of nitrogens with zero attached hydrogens (tertiary/aromatic N) is 2. The molecule has 0 fully saturated rings. The SMILES string of the molecule is O=c1c(I)c(Cl)ncn1Cc1ccc(F)cc1Cl. The van der Waals surface area contributed by atoms with Gasteiger partial charge in [-0.15, -0.1) is 0 Å². The Morgan fingerprint density at radius 1 is 1.39 bits per heavy atom. The van der Waals surface area contributed by atoms with E-state index in [4.69, 9.17) is 23.2 Å². The fourth-order valence-corrected chi connectivity index (χ4v) is 2.19. The van der Waals surface area contributed by atoms with Crippen molar-refractivity contribution in [1.29, 1.82) is 0 Å². The van der Waals surface area contributed by atoms with Crippen molar-refractivity contribution in [3.05, 3.63) is 60.0 Å². The van der Waals surface area contributed by atoms with Crippen LogP contribution in [-0.4, -0.2) is 9.55 Å². The van der Waals surface area contributed by atoms with Crippen molar-refractivity contribution in [3.8, 4) is 0 Å². The molecule has 2 aromatic rings. The Morgan fingerprint density at radius 2 is 2.11 bits per heavy atom. The third-order valence-corrected chi connectivity index (χ3v) is 4.23. The highest BCUT2D eigenvalue weighted by Crippen LogP contribution is 2.18. The lowest BCUT2D eigenvalue weighted by Crippen LogP contribution is -2.23. The van der Waals surface area contributed by atoms with Gasteiger partial charge in [0.2, 0.25) is 0 Å². The minimum atomic E-state index is -0.417. The highest BCUT2D eigenvalue weighted by Gasteiger charge is 2.09. The fraction of sp³-hybridized carbons (Fsp3) is 0.0909. The van der Waals surface area contributed by atoms with E-state index in [0.717, 1.165) is 0 Å². The normalized spacial score (nSPS) is 10.7. The maximum Gasteiger partial charge on any atom is 0.268 e. The Labute approximate surface area is 126 Å². The minimum absolute atomic E-state index is 0.169. The van der Waals surface area contributed by atoms with Crippen molar-refractivity contribution >= 4 is 45.8 Å². The summed E-state index contributed by atoms with van der Waals surface area (Å²) < 4.78 is 14.6. The van der Waals surface area contributed by atoms with Crippen molar-refractivity contribution in [2.75, 3.05) is 0 Å². The smallest absolute Gasteiger partial charge is 0.268 e. The molecule has 0 saturated heterocycles. The van der Waals surface area contributed by atoms with E-state index in [9.17, 15) is 9.18 Å². The lowest BCUT2D eigenvalue weighted by atomic mass is 10.2. The maximum absolute atomic E-state index is 12.9. The summed E-state index contributed by atoms with van der Waals surface area (Å²) in [6.45, 7) is 0.220. The number of hydrogen-bond donors (Lipinski definition) is 0. The molecule has 1 aromatic heterocycles. The Bertz CT molecular complexity index is 660. The van der Waals surface area contributed by atoms with E-state index in [-0.39, 0.29) is 22.3 Å². The third kappa shape index (κ3) is 2.84. The summed E-state index contributed by atoms with van der Waals surface area (Å²) >= 11 is 13.5. The van der Waals surface area contributed by atoms with Crippen LogP contribution in [0.25, 0.3) is 0 Å². The molecule has 3 nitrogen and oxygen atoms in total. The topological polar surface area (TPSA) is 34.9 Å². The van der Waals surface area contributed by atoms with Crippen molar-refractivity contribution in [1.82, 2.24) is 9.55 Å². The summed E-state index contributed by atoms with van der Waals surface area (Å²) in [5.74, 6) is -0.417. The molecule has 0 bridgehead atoms. The molecule has 0 aliphatic rings. The first-order valence-corrected chi connectivity index (χ1v) is 6.67. The van der Waals surface area contributed by atoms with E-state index in [1.54, 1.807) is 0 Å². The van der Waals surface area contributed by atoms with Crippen molar-refractivity contribution in [2.24, 2.45) is 0 Å². The Morgan fingerprint density at radius 3 is 2.78 bits per heavy atom. The maximum atomic E-state index is 12.9. The molecule has 94 valence electrons. The summed E-state index contributed by atoms with van der Waals surface area (Å²) in [4.78, 5) is 15.8. The van der Waals surface area contributed by atoms with Gasteiger partial charge < -0.3 is 0 Å². The summed E-state index contributed by atoms with van der Waals surface area (Å²) in [6, 6.07) is 4.03. The van der Waals surface area contributed by atoms with Crippen molar-refractivity contribution in [3.63, 3.8) is 0 Å². The average Bonchev–Trinajstić information content (AvgIpc) is 2.33. The van der Waals surface area contributed by atoms with E-state index in [1.807, 2.05) is 22.6 Å². The molecule has 0 aliphatic carbocycles. The zero-order valence-electron chi connectivity index (χ0n) is 8.83. The van der Waals surface area contributed by atoms with E-state index in [2.05, 4.69) is 4.98 Å². The molecule has 2 rings (SSSR count). The molecule has 1 heterocycles. The summed E-state index contributed by atoms with van der Waals surface area (Å²) in [6.07, 6.45) is 1.34.